The molecule has 1 aliphatic rings. The fourth-order valence-electron chi connectivity index (χ4n) is 5.50. The van der Waals surface area contributed by atoms with Crippen LogP contribution in [0, 0.1) is 19.7 Å². The standard InChI is InChI=1S/C32H31FN6O2S/c1-18-23(9-10-24(33)29(18)36-31(40)26-16-21-6-4-5-7-25(21)42-26)28-19(2)30(32(41)38-37-28)35-27-11-8-22(17-34-27)20-12-14-39(3)15-13-20/h4-11,16-17,20H,12-15H2,1-3H3,(H,36,40)(H,38,41)(H,34,35,37). The SMILES string of the molecule is Cc1c(-c2n[nH]c(=O)c(Nc3ccc(C4CCN(C)CC4)cn3)c2C)ccc(F)c1NC(=O)c1cc2ccccc2s1. The van der Waals surface area contributed by atoms with Gasteiger partial charge in [0.15, 0.2) is 0 Å². The first kappa shape index (κ1) is 27.7. The van der Waals surface area contributed by atoms with Gasteiger partial charge < -0.3 is 15.5 Å². The van der Waals surface area contributed by atoms with Crippen LogP contribution in [0.4, 0.5) is 21.6 Å². The second kappa shape index (κ2) is 11.5. The van der Waals surface area contributed by atoms with Gasteiger partial charge in [0.05, 0.1) is 16.3 Å². The van der Waals surface area contributed by atoms with Crippen molar-refractivity contribution in [3.63, 3.8) is 0 Å². The van der Waals surface area contributed by atoms with Crippen LogP contribution in [0.3, 0.4) is 0 Å². The summed E-state index contributed by atoms with van der Waals surface area (Å²) < 4.78 is 16.0. The largest absolute Gasteiger partial charge is 0.335 e. The van der Waals surface area contributed by atoms with Gasteiger partial charge in [0, 0.05) is 22.0 Å². The first-order valence-electron chi connectivity index (χ1n) is 13.9. The van der Waals surface area contributed by atoms with E-state index in [0.717, 1.165) is 36.0 Å². The molecule has 1 aliphatic heterocycles. The molecule has 5 aromatic rings. The molecule has 4 heterocycles. The molecule has 2 aromatic carbocycles. The minimum absolute atomic E-state index is 0.0722. The normalized spacial score (nSPS) is 14.3. The average molecular weight is 583 g/mol. The number of aromatic amines is 1. The number of benzene rings is 2. The van der Waals surface area contributed by atoms with Crippen molar-refractivity contribution < 1.29 is 9.18 Å². The van der Waals surface area contributed by atoms with E-state index in [-0.39, 0.29) is 5.69 Å². The molecule has 6 rings (SSSR count). The molecule has 42 heavy (non-hydrogen) atoms. The predicted molar refractivity (Wildman–Crippen MR) is 166 cm³/mol. The van der Waals surface area contributed by atoms with Crippen molar-refractivity contribution in [1.82, 2.24) is 20.1 Å². The first-order valence-corrected chi connectivity index (χ1v) is 14.7. The Kier molecular flexibility index (Phi) is 7.57. The number of anilines is 3. The van der Waals surface area contributed by atoms with E-state index in [1.54, 1.807) is 26.0 Å². The Hall–Kier alpha value is -4.41. The summed E-state index contributed by atoms with van der Waals surface area (Å²) in [7, 11) is 2.14. The van der Waals surface area contributed by atoms with E-state index in [4.69, 9.17) is 0 Å². The van der Waals surface area contributed by atoms with Crippen molar-refractivity contribution in [1.29, 1.82) is 0 Å². The second-order valence-corrected chi connectivity index (χ2v) is 11.9. The van der Waals surface area contributed by atoms with Crippen LogP contribution in [0.2, 0.25) is 0 Å². The molecule has 3 aromatic heterocycles. The smallest absolute Gasteiger partial charge is 0.288 e. The summed E-state index contributed by atoms with van der Waals surface area (Å²) in [6, 6.07) is 16.4. The van der Waals surface area contributed by atoms with E-state index in [1.165, 1.54) is 23.0 Å². The molecule has 1 amide bonds. The van der Waals surface area contributed by atoms with Crippen molar-refractivity contribution in [2.24, 2.45) is 0 Å². The van der Waals surface area contributed by atoms with Crippen LogP contribution >= 0.6 is 11.3 Å². The summed E-state index contributed by atoms with van der Waals surface area (Å²) in [4.78, 5) is 33.3. The zero-order valence-corrected chi connectivity index (χ0v) is 24.4. The lowest BCUT2D eigenvalue weighted by atomic mass is 9.91. The van der Waals surface area contributed by atoms with Gasteiger partial charge in [0.1, 0.15) is 17.3 Å². The highest BCUT2D eigenvalue weighted by molar-refractivity contribution is 7.20. The summed E-state index contributed by atoms with van der Waals surface area (Å²) >= 11 is 1.35. The Morgan fingerprint density at radius 1 is 1.05 bits per heavy atom. The number of amides is 1. The van der Waals surface area contributed by atoms with Gasteiger partial charge in [-0.2, -0.15) is 5.10 Å². The molecule has 0 spiro atoms. The molecule has 0 atom stereocenters. The third kappa shape index (κ3) is 5.43. The number of thiophene rings is 1. The molecule has 3 N–H and O–H groups in total. The molecule has 214 valence electrons. The summed E-state index contributed by atoms with van der Waals surface area (Å²) in [5.74, 6) is 0.0821. The van der Waals surface area contributed by atoms with E-state index in [2.05, 4.69) is 43.8 Å². The van der Waals surface area contributed by atoms with Crippen LogP contribution in [0.5, 0.6) is 0 Å². The number of halogens is 1. The number of rotatable bonds is 6. The molecule has 1 fully saturated rings. The van der Waals surface area contributed by atoms with Crippen LogP contribution in [0.1, 0.15) is 45.1 Å². The number of pyridine rings is 1. The molecule has 0 unspecified atom stereocenters. The Labute approximate surface area is 246 Å². The van der Waals surface area contributed by atoms with E-state index in [1.807, 2.05) is 36.5 Å². The molecule has 0 radical (unpaired) electrons. The number of carbonyl (C=O) groups is 1. The van der Waals surface area contributed by atoms with Crippen LogP contribution in [-0.4, -0.2) is 46.1 Å². The van der Waals surface area contributed by atoms with Crippen molar-refractivity contribution in [2.45, 2.75) is 32.6 Å². The highest BCUT2D eigenvalue weighted by Gasteiger charge is 2.21. The van der Waals surface area contributed by atoms with E-state index < -0.39 is 17.3 Å². The third-order valence-corrected chi connectivity index (χ3v) is 9.13. The maximum Gasteiger partial charge on any atom is 0.288 e. The van der Waals surface area contributed by atoms with Gasteiger partial charge in [0.2, 0.25) is 0 Å². The quantitative estimate of drug-likeness (QED) is 0.208. The number of nitrogens with one attached hydrogen (secondary N) is 3. The van der Waals surface area contributed by atoms with E-state index in [0.29, 0.717) is 44.7 Å². The number of fused-ring (bicyclic) bond motifs is 1. The molecular weight excluding hydrogens is 551 g/mol. The molecular formula is C32H31FN6O2S. The number of piperidine rings is 1. The van der Waals surface area contributed by atoms with Crippen molar-refractivity contribution in [3.05, 3.63) is 98.5 Å². The van der Waals surface area contributed by atoms with Gasteiger partial charge in [0.25, 0.3) is 11.5 Å². The monoisotopic (exact) mass is 582 g/mol. The Balaban J connectivity index is 1.27. The first-order chi connectivity index (χ1) is 20.3. The summed E-state index contributed by atoms with van der Waals surface area (Å²) in [6.45, 7) is 5.64. The molecule has 1 saturated heterocycles. The lowest BCUT2D eigenvalue weighted by Crippen LogP contribution is -2.29. The summed E-state index contributed by atoms with van der Waals surface area (Å²) in [5.41, 5.74) is 3.31. The maximum absolute atomic E-state index is 15.0. The Morgan fingerprint density at radius 2 is 1.83 bits per heavy atom. The predicted octanol–water partition coefficient (Wildman–Crippen LogP) is 6.61. The zero-order chi connectivity index (χ0) is 29.4. The van der Waals surface area contributed by atoms with E-state index in [9.17, 15) is 9.59 Å². The maximum atomic E-state index is 15.0. The molecule has 0 bridgehead atoms. The third-order valence-electron chi connectivity index (χ3n) is 8.01. The zero-order valence-electron chi connectivity index (χ0n) is 23.6. The molecule has 10 heteroatoms. The minimum Gasteiger partial charge on any atom is -0.335 e. The summed E-state index contributed by atoms with van der Waals surface area (Å²) in [5, 5.41) is 13.7. The Morgan fingerprint density at radius 3 is 2.57 bits per heavy atom. The average Bonchev–Trinajstić information content (AvgIpc) is 3.44. The van der Waals surface area contributed by atoms with Crippen LogP contribution < -0.4 is 16.2 Å². The van der Waals surface area contributed by atoms with Crippen molar-refractivity contribution in [2.75, 3.05) is 30.8 Å². The van der Waals surface area contributed by atoms with Crippen molar-refractivity contribution in [3.8, 4) is 11.3 Å². The number of hydrogen-bond donors (Lipinski definition) is 3. The lowest BCUT2D eigenvalue weighted by Gasteiger charge is -2.29. The number of H-pyrrole nitrogens is 1. The molecule has 0 aliphatic carbocycles. The molecule has 0 saturated carbocycles. The Bertz CT molecular complexity index is 1810. The second-order valence-electron chi connectivity index (χ2n) is 10.8. The fourth-order valence-corrected chi connectivity index (χ4v) is 6.45. The van der Waals surface area contributed by atoms with Crippen LogP contribution in [-0.2, 0) is 0 Å². The van der Waals surface area contributed by atoms with Gasteiger partial charge in [-0.25, -0.2) is 14.5 Å². The van der Waals surface area contributed by atoms with Gasteiger partial charge in [-0.1, -0.05) is 24.3 Å². The van der Waals surface area contributed by atoms with Crippen molar-refractivity contribution >= 4 is 44.5 Å². The highest BCUT2D eigenvalue weighted by Crippen LogP contribution is 2.34. The topological polar surface area (TPSA) is 103 Å². The fraction of sp³-hybridized carbons (Fsp3) is 0.250. The van der Waals surface area contributed by atoms with Crippen LogP contribution in [0.15, 0.2) is 65.6 Å². The van der Waals surface area contributed by atoms with Gasteiger partial charge >= 0.3 is 0 Å². The van der Waals surface area contributed by atoms with Gasteiger partial charge in [-0.05, 0) is 99.6 Å². The lowest BCUT2D eigenvalue weighted by molar-refractivity contribution is 0.103. The highest BCUT2D eigenvalue weighted by atomic mass is 32.1. The number of carbonyl (C=O) groups excluding carboxylic acids is 1. The summed E-state index contributed by atoms with van der Waals surface area (Å²) in [6.07, 6.45) is 4.07. The van der Waals surface area contributed by atoms with Gasteiger partial charge in [-0.3, -0.25) is 9.59 Å². The molecule has 8 nitrogen and oxygen atoms in total. The minimum atomic E-state index is -0.556. The van der Waals surface area contributed by atoms with Gasteiger partial charge in [-0.15, -0.1) is 11.3 Å². The van der Waals surface area contributed by atoms with E-state index >= 15 is 4.39 Å². The number of likely N-dealkylation sites (tertiary alicyclic amines) is 1. The number of aromatic nitrogens is 3. The number of hydrogen-bond acceptors (Lipinski definition) is 7. The number of nitrogens with zero attached hydrogens (tertiary/aromatic N) is 3. The van der Waals surface area contributed by atoms with Crippen LogP contribution in [0.25, 0.3) is 21.3 Å².